The van der Waals surface area contributed by atoms with Crippen molar-refractivity contribution in [1.29, 1.82) is 0 Å². The van der Waals surface area contributed by atoms with Crippen LogP contribution in [0.4, 0.5) is 0 Å². The Labute approximate surface area is 155 Å². The topological polar surface area (TPSA) is 59.4 Å². The summed E-state index contributed by atoms with van der Waals surface area (Å²) >= 11 is 8.99. The number of aromatic nitrogens is 5. The van der Waals surface area contributed by atoms with Gasteiger partial charge in [-0.3, -0.25) is 5.10 Å². The molecule has 0 radical (unpaired) electrons. The molecule has 9 heteroatoms. The van der Waals surface area contributed by atoms with Gasteiger partial charge in [-0.05, 0) is 34.2 Å². The third kappa shape index (κ3) is 2.84. The molecular formula is C14H9IN5PS2. The van der Waals surface area contributed by atoms with E-state index in [-0.39, 0.29) is 0 Å². The lowest BCUT2D eigenvalue weighted by atomic mass is 10.0. The van der Waals surface area contributed by atoms with Gasteiger partial charge in [-0.2, -0.15) is 10.2 Å². The third-order valence-electron chi connectivity index (χ3n) is 3.42. The SMILES string of the molecule is S=c1ccc(-c2ccc(-c3cnn(PI)c3)c3ncsc23)n[nH]1. The number of halogens is 1. The first-order valence-corrected chi connectivity index (χ1v) is 12.0. The van der Waals surface area contributed by atoms with E-state index in [0.717, 1.165) is 32.6 Å². The summed E-state index contributed by atoms with van der Waals surface area (Å²) in [7, 11) is 0. The number of hydrogen-bond donors (Lipinski definition) is 1. The average Bonchev–Trinajstić information content (AvgIpc) is 3.24. The molecule has 0 bridgehead atoms. The molecule has 23 heavy (non-hydrogen) atoms. The molecule has 1 N–H and O–H groups in total. The first kappa shape index (κ1) is 15.3. The summed E-state index contributed by atoms with van der Waals surface area (Å²) in [5, 5.41) is 11.5. The van der Waals surface area contributed by atoms with Crippen LogP contribution in [-0.2, 0) is 0 Å². The Morgan fingerprint density at radius 3 is 2.83 bits per heavy atom. The zero-order valence-electron chi connectivity index (χ0n) is 11.5. The Morgan fingerprint density at radius 2 is 2.09 bits per heavy atom. The monoisotopic (exact) mass is 469 g/mol. The third-order valence-corrected chi connectivity index (χ3v) is 6.41. The highest BCUT2D eigenvalue weighted by Crippen LogP contribution is 2.37. The minimum Gasteiger partial charge on any atom is -0.267 e. The zero-order chi connectivity index (χ0) is 15.8. The number of aromatic amines is 1. The molecule has 0 aliphatic rings. The van der Waals surface area contributed by atoms with Gasteiger partial charge in [-0.1, -0.05) is 24.4 Å². The molecule has 0 saturated heterocycles. The molecule has 114 valence electrons. The molecule has 4 aromatic rings. The van der Waals surface area contributed by atoms with Crippen LogP contribution in [0.15, 0.2) is 42.2 Å². The summed E-state index contributed by atoms with van der Waals surface area (Å²) in [4.78, 5) is 4.56. The van der Waals surface area contributed by atoms with Crippen LogP contribution in [0, 0.1) is 4.64 Å². The van der Waals surface area contributed by atoms with E-state index >= 15 is 0 Å². The van der Waals surface area contributed by atoms with Gasteiger partial charge in [0, 0.05) is 22.9 Å². The predicted octanol–water partition coefficient (Wildman–Crippen LogP) is 5.07. The molecule has 3 aromatic heterocycles. The Balaban J connectivity index is 1.90. The fourth-order valence-electron chi connectivity index (χ4n) is 2.39. The lowest BCUT2D eigenvalue weighted by Gasteiger charge is -2.05. The van der Waals surface area contributed by atoms with Crippen LogP contribution in [-0.4, -0.2) is 24.7 Å². The van der Waals surface area contributed by atoms with Gasteiger partial charge >= 0.3 is 0 Å². The van der Waals surface area contributed by atoms with Gasteiger partial charge in [0.1, 0.15) is 4.64 Å². The van der Waals surface area contributed by atoms with Crippen molar-refractivity contribution in [2.45, 2.75) is 0 Å². The largest absolute Gasteiger partial charge is 0.267 e. The van der Waals surface area contributed by atoms with E-state index in [1.807, 2.05) is 28.3 Å². The Kier molecular flexibility index (Phi) is 4.23. The highest BCUT2D eigenvalue weighted by Gasteiger charge is 2.13. The van der Waals surface area contributed by atoms with Crippen LogP contribution in [0.25, 0.3) is 32.6 Å². The minimum absolute atomic E-state index is 0.588. The second kappa shape index (κ2) is 6.35. The van der Waals surface area contributed by atoms with Crippen molar-refractivity contribution >= 4 is 62.2 Å². The maximum absolute atomic E-state index is 5.06. The van der Waals surface area contributed by atoms with Crippen LogP contribution >= 0.6 is 52.0 Å². The Morgan fingerprint density at radius 1 is 1.22 bits per heavy atom. The van der Waals surface area contributed by atoms with E-state index in [1.165, 1.54) is 0 Å². The fourth-order valence-corrected chi connectivity index (χ4v) is 4.42. The van der Waals surface area contributed by atoms with Crippen molar-refractivity contribution in [3.8, 4) is 22.4 Å². The molecule has 1 atom stereocenters. The van der Waals surface area contributed by atoms with Crippen LogP contribution in [0.2, 0.25) is 0 Å². The summed E-state index contributed by atoms with van der Waals surface area (Å²) < 4.78 is 3.67. The Hall–Kier alpha value is -1.22. The van der Waals surface area contributed by atoms with Crippen molar-refractivity contribution in [3.05, 3.63) is 46.8 Å². The van der Waals surface area contributed by atoms with Gasteiger partial charge in [0.2, 0.25) is 0 Å². The van der Waals surface area contributed by atoms with E-state index in [2.05, 4.69) is 60.7 Å². The van der Waals surface area contributed by atoms with Crippen LogP contribution < -0.4 is 0 Å². The predicted molar refractivity (Wildman–Crippen MR) is 107 cm³/mol. The van der Waals surface area contributed by atoms with Crippen LogP contribution in [0.1, 0.15) is 0 Å². The second-order valence-electron chi connectivity index (χ2n) is 4.76. The summed E-state index contributed by atoms with van der Waals surface area (Å²) in [5.41, 5.74) is 6.94. The summed E-state index contributed by atoms with van der Waals surface area (Å²) in [6, 6.07) is 7.95. The van der Waals surface area contributed by atoms with Crippen LogP contribution in [0.5, 0.6) is 0 Å². The molecule has 4 rings (SSSR count). The van der Waals surface area contributed by atoms with E-state index in [1.54, 1.807) is 11.3 Å². The lowest BCUT2D eigenvalue weighted by molar-refractivity contribution is 1.01. The zero-order valence-corrected chi connectivity index (χ0v) is 16.3. The summed E-state index contributed by atoms with van der Waals surface area (Å²) in [5.74, 6) is 0. The van der Waals surface area contributed by atoms with Crippen LogP contribution in [0.3, 0.4) is 0 Å². The first-order valence-electron chi connectivity index (χ1n) is 6.60. The summed E-state index contributed by atoms with van der Waals surface area (Å²) in [6.45, 7) is 0. The molecule has 1 aromatic carbocycles. The molecular weight excluding hydrogens is 460 g/mol. The van der Waals surface area contributed by atoms with E-state index in [4.69, 9.17) is 12.2 Å². The second-order valence-corrected chi connectivity index (χ2v) is 8.12. The maximum Gasteiger partial charge on any atom is 0.119 e. The summed E-state index contributed by atoms with van der Waals surface area (Å²) in [6.07, 6.45) is 4.53. The Bertz CT molecular complexity index is 1030. The molecule has 1 unspecified atom stereocenters. The highest BCUT2D eigenvalue weighted by atomic mass is 127. The lowest BCUT2D eigenvalue weighted by Crippen LogP contribution is -1.88. The van der Waals surface area contributed by atoms with Gasteiger partial charge in [-0.15, -0.1) is 11.3 Å². The van der Waals surface area contributed by atoms with Gasteiger partial charge in [0.05, 0.1) is 34.0 Å². The molecule has 3 heterocycles. The number of fused-ring (bicyclic) bond motifs is 1. The molecule has 0 amide bonds. The van der Waals surface area contributed by atoms with Gasteiger partial charge < -0.3 is 0 Å². The molecule has 0 aliphatic heterocycles. The smallest absolute Gasteiger partial charge is 0.119 e. The molecule has 0 fully saturated rings. The number of H-pyrrole nitrogens is 1. The molecule has 5 nitrogen and oxygen atoms in total. The number of rotatable bonds is 3. The van der Waals surface area contributed by atoms with Crippen molar-refractivity contribution in [3.63, 3.8) is 0 Å². The van der Waals surface area contributed by atoms with E-state index < -0.39 is 0 Å². The van der Waals surface area contributed by atoms with E-state index in [0.29, 0.717) is 11.0 Å². The van der Waals surface area contributed by atoms with Crippen molar-refractivity contribution in [1.82, 2.24) is 24.7 Å². The standard InChI is InChI=1S/C14H9IN5PS2/c15-21-20-6-8(5-17-20)9-1-2-10(14-13(9)16-7-23-14)11-3-4-12(22)19-18-11/h1-7,21H,(H,19,22). The first-order chi connectivity index (χ1) is 11.3. The number of hydrogen-bond acceptors (Lipinski definition) is 5. The van der Waals surface area contributed by atoms with Gasteiger partial charge in [-0.25, -0.2) is 9.44 Å². The quantitative estimate of drug-likeness (QED) is 0.259. The van der Waals surface area contributed by atoms with Crippen molar-refractivity contribution in [2.75, 3.05) is 0 Å². The molecule has 0 spiro atoms. The minimum atomic E-state index is 0.588. The maximum atomic E-state index is 5.06. The van der Waals surface area contributed by atoms with Crippen molar-refractivity contribution in [2.24, 2.45) is 0 Å². The number of nitrogens with one attached hydrogen (secondary N) is 1. The number of thiazole rings is 1. The van der Waals surface area contributed by atoms with Crippen molar-refractivity contribution < 1.29 is 0 Å². The van der Waals surface area contributed by atoms with Gasteiger partial charge in [0.25, 0.3) is 0 Å². The molecule has 0 saturated carbocycles. The van der Waals surface area contributed by atoms with Gasteiger partial charge in [0.15, 0.2) is 0 Å². The normalized spacial score (nSPS) is 11.7. The molecule has 0 aliphatic carbocycles. The fraction of sp³-hybridized carbons (Fsp3) is 0. The number of benzene rings is 1. The van der Waals surface area contributed by atoms with E-state index in [9.17, 15) is 0 Å². The highest BCUT2D eigenvalue weighted by molar-refractivity contribution is 14.2. The number of nitrogens with zero attached hydrogens (tertiary/aromatic N) is 4. The average molecular weight is 469 g/mol.